The van der Waals surface area contributed by atoms with Gasteiger partial charge in [0.1, 0.15) is 11.8 Å². The quantitative estimate of drug-likeness (QED) is 0.729. The van der Waals surface area contributed by atoms with Crippen molar-refractivity contribution in [2.24, 2.45) is 0 Å². The Morgan fingerprint density at radius 2 is 2.00 bits per heavy atom. The zero-order valence-electron chi connectivity index (χ0n) is 12.2. The number of amides is 1. The van der Waals surface area contributed by atoms with Gasteiger partial charge in [0, 0.05) is 5.69 Å². The van der Waals surface area contributed by atoms with Gasteiger partial charge in [-0.05, 0) is 30.7 Å². The molecule has 0 aliphatic carbocycles. The topological polar surface area (TPSA) is 91.6 Å². The Hall–Kier alpha value is -2.60. The first kappa shape index (κ1) is 15.8. The summed E-state index contributed by atoms with van der Waals surface area (Å²) in [5.74, 6) is -0.814. The number of rotatable bonds is 7. The molecular weight excluding hydrogens is 284 g/mol. The van der Waals surface area contributed by atoms with Crippen molar-refractivity contribution in [2.75, 3.05) is 5.32 Å². The Balaban J connectivity index is 1.91. The van der Waals surface area contributed by atoms with E-state index in [9.17, 15) is 14.7 Å². The maximum atomic E-state index is 12.0. The third-order valence-corrected chi connectivity index (χ3v) is 3.21. The summed E-state index contributed by atoms with van der Waals surface area (Å²) in [6.45, 7) is 2.13. The lowest BCUT2D eigenvalue weighted by atomic mass is 10.1. The highest BCUT2D eigenvalue weighted by Crippen LogP contribution is 2.13. The van der Waals surface area contributed by atoms with Gasteiger partial charge in [-0.3, -0.25) is 14.9 Å². The molecule has 2 rings (SSSR count). The van der Waals surface area contributed by atoms with Crippen LogP contribution in [0, 0.1) is 6.92 Å². The molecule has 0 fully saturated rings. The van der Waals surface area contributed by atoms with Gasteiger partial charge >= 0.3 is 5.97 Å². The van der Waals surface area contributed by atoms with Gasteiger partial charge in [-0.2, -0.15) is 0 Å². The summed E-state index contributed by atoms with van der Waals surface area (Å²) in [7, 11) is 0. The predicted octanol–water partition coefficient (Wildman–Crippen LogP) is 2.16. The van der Waals surface area contributed by atoms with Crippen LogP contribution >= 0.6 is 0 Å². The molecule has 2 aromatic rings. The van der Waals surface area contributed by atoms with Crippen LogP contribution in [0.5, 0.6) is 0 Å². The minimum atomic E-state index is -1.08. The zero-order valence-corrected chi connectivity index (χ0v) is 12.2. The first-order chi connectivity index (χ1) is 10.6. The zero-order chi connectivity index (χ0) is 15.9. The molecule has 1 atom stereocenters. The molecular formula is C16H18N2O4. The molecule has 0 radical (unpaired) electrons. The summed E-state index contributed by atoms with van der Waals surface area (Å²) in [5, 5.41) is 14.7. The van der Waals surface area contributed by atoms with Crippen LogP contribution in [0.25, 0.3) is 0 Å². The number of hydrogen-bond acceptors (Lipinski definition) is 4. The number of nitrogens with one attached hydrogen (secondary N) is 2. The summed E-state index contributed by atoms with van der Waals surface area (Å²) < 4.78 is 5.12. The van der Waals surface area contributed by atoms with Crippen LogP contribution in [0.15, 0.2) is 47.1 Å². The highest BCUT2D eigenvalue weighted by Gasteiger charge is 2.21. The second kappa shape index (κ2) is 7.42. The van der Waals surface area contributed by atoms with Crippen LogP contribution in [-0.4, -0.2) is 23.0 Å². The van der Waals surface area contributed by atoms with E-state index in [0.29, 0.717) is 11.4 Å². The van der Waals surface area contributed by atoms with Crippen LogP contribution in [0.3, 0.4) is 0 Å². The van der Waals surface area contributed by atoms with E-state index >= 15 is 0 Å². The minimum Gasteiger partial charge on any atom is -0.480 e. The number of para-hydroxylation sites is 1. The number of aryl methyl sites for hydroxylation is 1. The van der Waals surface area contributed by atoms with Crippen molar-refractivity contribution in [1.29, 1.82) is 0 Å². The number of carbonyl (C=O) groups is 2. The molecule has 0 aliphatic heterocycles. The van der Waals surface area contributed by atoms with Crippen molar-refractivity contribution in [3.05, 3.63) is 54.0 Å². The van der Waals surface area contributed by atoms with Crippen molar-refractivity contribution in [1.82, 2.24) is 5.32 Å². The molecule has 1 aromatic heterocycles. The Kier molecular flexibility index (Phi) is 5.32. The van der Waals surface area contributed by atoms with Crippen molar-refractivity contribution in [2.45, 2.75) is 25.9 Å². The highest BCUT2D eigenvalue weighted by atomic mass is 16.4. The molecule has 116 valence electrons. The van der Waals surface area contributed by atoms with Gasteiger partial charge in [0.2, 0.25) is 5.91 Å². The molecule has 1 heterocycles. The summed E-state index contributed by atoms with van der Waals surface area (Å²) in [5.41, 5.74) is 1.61. The van der Waals surface area contributed by atoms with Crippen LogP contribution in [0.1, 0.15) is 17.7 Å². The average molecular weight is 302 g/mol. The first-order valence-electron chi connectivity index (χ1n) is 6.90. The van der Waals surface area contributed by atoms with Gasteiger partial charge in [0.15, 0.2) is 0 Å². The van der Waals surface area contributed by atoms with E-state index in [2.05, 4.69) is 10.6 Å². The number of furan rings is 1. The SMILES string of the molecule is Cc1ccccc1NC(=O)C[C@@H](NCc1ccco1)C(=O)O. The van der Waals surface area contributed by atoms with E-state index in [1.807, 2.05) is 25.1 Å². The lowest BCUT2D eigenvalue weighted by molar-refractivity contribution is -0.141. The Morgan fingerprint density at radius 3 is 2.64 bits per heavy atom. The summed E-state index contributed by atoms with van der Waals surface area (Å²) in [6.07, 6.45) is 1.35. The molecule has 0 saturated heterocycles. The molecule has 22 heavy (non-hydrogen) atoms. The smallest absolute Gasteiger partial charge is 0.321 e. The van der Waals surface area contributed by atoms with Gasteiger partial charge in [-0.1, -0.05) is 18.2 Å². The van der Waals surface area contributed by atoms with Crippen LogP contribution in [-0.2, 0) is 16.1 Å². The lowest BCUT2D eigenvalue weighted by Gasteiger charge is -2.14. The van der Waals surface area contributed by atoms with Crippen LogP contribution < -0.4 is 10.6 Å². The standard InChI is InChI=1S/C16H18N2O4/c1-11-5-2-3-7-13(11)18-15(19)9-14(16(20)21)17-10-12-6-4-8-22-12/h2-8,14,17H,9-10H2,1H3,(H,18,19)(H,20,21)/t14-/m1/s1. The largest absolute Gasteiger partial charge is 0.480 e. The van der Waals surface area contributed by atoms with E-state index < -0.39 is 12.0 Å². The Bertz CT molecular complexity index is 637. The second-order valence-corrected chi connectivity index (χ2v) is 4.92. The van der Waals surface area contributed by atoms with Gasteiger partial charge in [-0.25, -0.2) is 0 Å². The molecule has 6 heteroatoms. The van der Waals surface area contributed by atoms with Crippen LogP contribution in [0.4, 0.5) is 5.69 Å². The third-order valence-electron chi connectivity index (χ3n) is 3.21. The Morgan fingerprint density at radius 1 is 1.23 bits per heavy atom. The van der Waals surface area contributed by atoms with E-state index in [1.54, 1.807) is 18.2 Å². The number of carboxylic acids is 1. The maximum absolute atomic E-state index is 12.0. The van der Waals surface area contributed by atoms with Crippen molar-refractivity contribution >= 4 is 17.6 Å². The molecule has 0 unspecified atom stereocenters. The molecule has 0 bridgehead atoms. The molecule has 0 saturated carbocycles. The van der Waals surface area contributed by atoms with E-state index in [-0.39, 0.29) is 18.9 Å². The maximum Gasteiger partial charge on any atom is 0.321 e. The van der Waals surface area contributed by atoms with Crippen molar-refractivity contribution in [3.63, 3.8) is 0 Å². The normalized spacial score (nSPS) is 11.9. The summed E-state index contributed by atoms with van der Waals surface area (Å²) in [4.78, 5) is 23.2. The van der Waals surface area contributed by atoms with Gasteiger partial charge < -0.3 is 14.8 Å². The van der Waals surface area contributed by atoms with Gasteiger partial charge in [0.25, 0.3) is 0 Å². The molecule has 1 amide bonds. The summed E-state index contributed by atoms with van der Waals surface area (Å²) >= 11 is 0. The van der Waals surface area contributed by atoms with E-state index in [1.165, 1.54) is 6.26 Å². The van der Waals surface area contributed by atoms with Crippen molar-refractivity contribution < 1.29 is 19.1 Å². The highest BCUT2D eigenvalue weighted by molar-refractivity contribution is 5.94. The first-order valence-corrected chi connectivity index (χ1v) is 6.90. The average Bonchev–Trinajstić information content (AvgIpc) is 2.99. The Labute approximate surface area is 128 Å². The van der Waals surface area contributed by atoms with Crippen molar-refractivity contribution in [3.8, 4) is 0 Å². The van der Waals surface area contributed by atoms with E-state index in [0.717, 1.165) is 5.56 Å². The van der Waals surface area contributed by atoms with E-state index in [4.69, 9.17) is 4.42 Å². The summed E-state index contributed by atoms with van der Waals surface area (Å²) in [6, 6.07) is 9.81. The fourth-order valence-electron chi connectivity index (χ4n) is 1.98. The predicted molar refractivity (Wildman–Crippen MR) is 81.4 cm³/mol. The lowest BCUT2D eigenvalue weighted by Crippen LogP contribution is -2.39. The number of hydrogen-bond donors (Lipinski definition) is 3. The number of aliphatic carboxylic acids is 1. The van der Waals surface area contributed by atoms with Crippen LogP contribution in [0.2, 0.25) is 0 Å². The molecule has 0 spiro atoms. The fourth-order valence-corrected chi connectivity index (χ4v) is 1.98. The number of carboxylic acid groups (broad SMARTS) is 1. The third kappa shape index (κ3) is 4.46. The van der Waals surface area contributed by atoms with Gasteiger partial charge in [-0.15, -0.1) is 0 Å². The monoisotopic (exact) mass is 302 g/mol. The molecule has 0 aliphatic rings. The number of carbonyl (C=O) groups excluding carboxylic acids is 1. The minimum absolute atomic E-state index is 0.162. The molecule has 6 nitrogen and oxygen atoms in total. The second-order valence-electron chi connectivity index (χ2n) is 4.92. The number of benzene rings is 1. The number of anilines is 1. The fraction of sp³-hybridized carbons (Fsp3) is 0.250. The molecule has 1 aromatic carbocycles. The molecule has 3 N–H and O–H groups in total. The van der Waals surface area contributed by atoms with Gasteiger partial charge in [0.05, 0.1) is 19.2 Å².